The fraction of sp³-hybridized carbons (Fsp3) is 0.391. The molecule has 0 heterocycles. The van der Waals surface area contributed by atoms with Crippen molar-refractivity contribution in [1.29, 1.82) is 0 Å². The molecule has 0 aliphatic heterocycles. The van der Waals surface area contributed by atoms with Crippen molar-refractivity contribution in [1.82, 2.24) is 10.2 Å². The average molecular weight is 485 g/mol. The summed E-state index contributed by atoms with van der Waals surface area (Å²) < 4.78 is 13.3. The van der Waals surface area contributed by atoms with Crippen molar-refractivity contribution in [2.24, 2.45) is 0 Å². The van der Waals surface area contributed by atoms with Crippen LogP contribution in [0.2, 0.25) is 10.0 Å². The van der Waals surface area contributed by atoms with Crippen LogP contribution in [-0.4, -0.2) is 34.6 Å². The highest BCUT2D eigenvalue weighted by atomic mass is 35.5. The largest absolute Gasteiger partial charge is 0.352 e. The number of carbonyl (C=O) groups is 2. The van der Waals surface area contributed by atoms with E-state index in [0.29, 0.717) is 15.8 Å². The van der Waals surface area contributed by atoms with Gasteiger partial charge in [0.1, 0.15) is 11.9 Å². The Bertz CT molecular complexity index is 896. The summed E-state index contributed by atoms with van der Waals surface area (Å²) in [6, 6.07) is 10.7. The molecular formula is C23H27Cl2FN2O2S. The maximum atomic E-state index is 13.3. The van der Waals surface area contributed by atoms with E-state index in [2.05, 4.69) is 5.32 Å². The van der Waals surface area contributed by atoms with Gasteiger partial charge in [-0.15, -0.1) is 11.8 Å². The second kappa shape index (κ2) is 12.3. The molecule has 2 aromatic rings. The first-order valence-corrected chi connectivity index (χ1v) is 12.0. The molecule has 2 rings (SSSR count). The third-order valence-electron chi connectivity index (χ3n) is 4.91. The number of hydrogen-bond acceptors (Lipinski definition) is 3. The summed E-state index contributed by atoms with van der Waals surface area (Å²) in [5.74, 6) is 0.0601. The second-order valence-corrected chi connectivity index (χ2v) is 9.18. The SMILES string of the molecule is CC[C@H](C)NC(=O)[C@H](C)N(Cc1ccc(F)cc1)C(=O)CSCc1ccc(Cl)c(Cl)c1. The molecular weight excluding hydrogens is 458 g/mol. The van der Waals surface area contributed by atoms with E-state index in [0.717, 1.165) is 17.5 Å². The van der Waals surface area contributed by atoms with Gasteiger partial charge in [0, 0.05) is 18.3 Å². The van der Waals surface area contributed by atoms with E-state index >= 15 is 0 Å². The zero-order chi connectivity index (χ0) is 23.0. The Kier molecular flexibility index (Phi) is 10.1. The number of thioether (sulfide) groups is 1. The van der Waals surface area contributed by atoms with Crippen molar-refractivity contribution in [2.45, 2.75) is 51.6 Å². The van der Waals surface area contributed by atoms with Crippen LogP contribution in [0.4, 0.5) is 4.39 Å². The maximum absolute atomic E-state index is 13.3. The topological polar surface area (TPSA) is 49.4 Å². The van der Waals surface area contributed by atoms with E-state index in [4.69, 9.17) is 23.2 Å². The van der Waals surface area contributed by atoms with Crippen molar-refractivity contribution in [3.05, 3.63) is 69.5 Å². The fourth-order valence-electron chi connectivity index (χ4n) is 2.80. The molecule has 31 heavy (non-hydrogen) atoms. The zero-order valence-electron chi connectivity index (χ0n) is 17.8. The molecule has 4 nitrogen and oxygen atoms in total. The molecule has 0 aromatic heterocycles. The van der Waals surface area contributed by atoms with E-state index in [-0.39, 0.29) is 36.0 Å². The Morgan fingerprint density at radius 1 is 1.06 bits per heavy atom. The number of nitrogens with zero attached hydrogens (tertiary/aromatic N) is 1. The summed E-state index contributed by atoms with van der Waals surface area (Å²) in [5.41, 5.74) is 1.72. The number of amides is 2. The summed E-state index contributed by atoms with van der Waals surface area (Å²) in [4.78, 5) is 27.2. The summed E-state index contributed by atoms with van der Waals surface area (Å²) >= 11 is 13.4. The molecule has 0 aliphatic rings. The first kappa shape index (κ1) is 25.5. The molecule has 168 valence electrons. The highest BCUT2D eigenvalue weighted by Gasteiger charge is 2.26. The minimum absolute atomic E-state index is 0.0155. The first-order chi connectivity index (χ1) is 14.7. The van der Waals surface area contributed by atoms with Crippen molar-refractivity contribution in [2.75, 3.05) is 5.75 Å². The lowest BCUT2D eigenvalue weighted by Crippen LogP contribution is -2.50. The average Bonchev–Trinajstić information content (AvgIpc) is 2.75. The van der Waals surface area contributed by atoms with Crippen LogP contribution in [0.5, 0.6) is 0 Å². The molecule has 2 aromatic carbocycles. The molecule has 2 atom stereocenters. The Morgan fingerprint density at radius 2 is 1.71 bits per heavy atom. The molecule has 0 saturated heterocycles. The van der Waals surface area contributed by atoms with Crippen LogP contribution in [0.25, 0.3) is 0 Å². The van der Waals surface area contributed by atoms with Gasteiger partial charge in [-0.25, -0.2) is 4.39 Å². The molecule has 0 saturated carbocycles. The van der Waals surface area contributed by atoms with Gasteiger partial charge in [0.15, 0.2) is 0 Å². The fourth-order valence-corrected chi connectivity index (χ4v) is 3.98. The van der Waals surface area contributed by atoms with E-state index in [1.54, 1.807) is 31.2 Å². The van der Waals surface area contributed by atoms with Crippen molar-refractivity contribution < 1.29 is 14.0 Å². The Labute approximate surface area is 197 Å². The smallest absolute Gasteiger partial charge is 0.242 e. The molecule has 1 N–H and O–H groups in total. The standard InChI is InChI=1S/C23H27Cl2FN2O2S/c1-4-15(2)27-23(30)16(3)28(12-17-5-8-19(26)9-6-17)22(29)14-31-13-18-7-10-20(24)21(25)11-18/h5-11,15-16H,4,12-14H2,1-3H3,(H,27,30)/t15-,16-/m0/s1. The number of nitrogens with one attached hydrogen (secondary N) is 1. The number of benzene rings is 2. The third kappa shape index (κ3) is 8.02. The van der Waals surface area contributed by atoms with Gasteiger partial charge in [0.25, 0.3) is 0 Å². The number of carbonyl (C=O) groups excluding carboxylic acids is 2. The van der Waals surface area contributed by atoms with Crippen LogP contribution < -0.4 is 5.32 Å². The van der Waals surface area contributed by atoms with E-state index in [1.165, 1.54) is 28.8 Å². The molecule has 0 aliphatic carbocycles. The van der Waals surface area contributed by atoms with Gasteiger partial charge in [-0.2, -0.15) is 0 Å². The lowest BCUT2D eigenvalue weighted by atomic mass is 10.1. The van der Waals surface area contributed by atoms with Crippen LogP contribution in [0.1, 0.15) is 38.3 Å². The van der Waals surface area contributed by atoms with Crippen LogP contribution in [0, 0.1) is 5.82 Å². The minimum atomic E-state index is -0.655. The predicted octanol–water partition coefficient (Wildman–Crippen LogP) is 5.70. The van der Waals surface area contributed by atoms with Gasteiger partial charge in [-0.05, 0) is 55.7 Å². The molecule has 0 fully saturated rings. The van der Waals surface area contributed by atoms with Gasteiger partial charge in [-0.3, -0.25) is 9.59 Å². The molecule has 0 unspecified atom stereocenters. The van der Waals surface area contributed by atoms with Gasteiger partial charge in [0.05, 0.1) is 15.8 Å². The van der Waals surface area contributed by atoms with Crippen molar-refractivity contribution in [3.63, 3.8) is 0 Å². The highest BCUT2D eigenvalue weighted by Crippen LogP contribution is 2.25. The van der Waals surface area contributed by atoms with Crippen LogP contribution in [0.3, 0.4) is 0 Å². The summed E-state index contributed by atoms with van der Waals surface area (Å²) in [6.45, 7) is 5.84. The number of hydrogen-bond donors (Lipinski definition) is 1. The zero-order valence-corrected chi connectivity index (χ0v) is 20.2. The summed E-state index contributed by atoms with van der Waals surface area (Å²) in [5, 5.41) is 3.88. The third-order valence-corrected chi connectivity index (χ3v) is 6.64. The highest BCUT2D eigenvalue weighted by molar-refractivity contribution is 7.99. The van der Waals surface area contributed by atoms with E-state index in [1.807, 2.05) is 19.9 Å². The van der Waals surface area contributed by atoms with Crippen LogP contribution >= 0.6 is 35.0 Å². The van der Waals surface area contributed by atoms with Gasteiger partial charge >= 0.3 is 0 Å². The summed E-state index contributed by atoms with van der Waals surface area (Å²) in [6.07, 6.45) is 0.796. The predicted molar refractivity (Wildman–Crippen MR) is 127 cm³/mol. The van der Waals surface area contributed by atoms with Gasteiger partial charge in [0.2, 0.25) is 11.8 Å². The van der Waals surface area contributed by atoms with E-state index < -0.39 is 6.04 Å². The lowest BCUT2D eigenvalue weighted by Gasteiger charge is -2.29. The molecule has 8 heteroatoms. The number of rotatable bonds is 10. The number of halogens is 3. The Morgan fingerprint density at radius 3 is 2.32 bits per heavy atom. The molecule has 2 amide bonds. The van der Waals surface area contributed by atoms with E-state index in [9.17, 15) is 14.0 Å². The minimum Gasteiger partial charge on any atom is -0.352 e. The van der Waals surface area contributed by atoms with Crippen LogP contribution in [-0.2, 0) is 21.9 Å². The molecule has 0 spiro atoms. The maximum Gasteiger partial charge on any atom is 0.242 e. The van der Waals surface area contributed by atoms with Gasteiger partial charge < -0.3 is 10.2 Å². The monoisotopic (exact) mass is 484 g/mol. The first-order valence-electron chi connectivity index (χ1n) is 10.1. The lowest BCUT2D eigenvalue weighted by molar-refractivity contribution is -0.138. The van der Waals surface area contributed by atoms with Crippen molar-refractivity contribution in [3.8, 4) is 0 Å². The summed E-state index contributed by atoms with van der Waals surface area (Å²) in [7, 11) is 0. The van der Waals surface area contributed by atoms with Crippen LogP contribution in [0.15, 0.2) is 42.5 Å². The molecule has 0 bridgehead atoms. The Balaban J connectivity index is 2.07. The quantitative estimate of drug-likeness (QED) is 0.470. The van der Waals surface area contributed by atoms with Gasteiger partial charge in [-0.1, -0.05) is 48.3 Å². The normalized spacial score (nSPS) is 12.8. The Hall–Kier alpha value is -1.76. The second-order valence-electron chi connectivity index (χ2n) is 7.38. The van der Waals surface area contributed by atoms with Crippen molar-refractivity contribution >= 4 is 46.8 Å². The molecule has 0 radical (unpaired) electrons.